The number of alkyl halides is 3. The van der Waals surface area contributed by atoms with Crippen molar-refractivity contribution in [3.05, 3.63) is 323 Å². The van der Waals surface area contributed by atoms with Crippen LogP contribution in [0.4, 0.5) is 18.9 Å². The number of ether oxygens (including phenoxy) is 2. The number of aromatic hydroxyl groups is 14. The highest BCUT2D eigenvalue weighted by Gasteiger charge is 2.53. The van der Waals surface area contributed by atoms with E-state index in [2.05, 4.69) is 154 Å². The van der Waals surface area contributed by atoms with Crippen molar-refractivity contribution in [1.29, 1.82) is 0 Å². The number of benzene rings is 14. The maximum Gasteiger partial charge on any atom is 0.402 e. The lowest BCUT2D eigenvalue weighted by Gasteiger charge is -2.33. The molecule has 1 aliphatic heterocycles. The molecule has 0 bridgehead atoms. The maximum atomic E-state index is 13.6. The molecule has 0 spiro atoms. The molecule has 133 heavy (non-hydrogen) atoms. The van der Waals surface area contributed by atoms with Crippen LogP contribution in [-0.2, 0) is 18.3 Å². The summed E-state index contributed by atoms with van der Waals surface area (Å²) < 4.78 is 51.3. The van der Waals surface area contributed by atoms with Crippen LogP contribution < -0.4 is 14.4 Å². The van der Waals surface area contributed by atoms with Crippen molar-refractivity contribution < 1.29 is 94.1 Å². The van der Waals surface area contributed by atoms with Gasteiger partial charge in [-0.05, 0) is 199 Å². The topological polar surface area (TPSA) is 305 Å². The number of para-hydroxylation sites is 1. The van der Waals surface area contributed by atoms with Gasteiger partial charge in [0.25, 0.3) is 0 Å². The quantitative estimate of drug-likeness (QED) is 0.0447. The second-order valence-corrected chi connectivity index (χ2v) is 31.1. The highest BCUT2D eigenvalue weighted by Crippen LogP contribution is 2.47. The zero-order valence-corrected chi connectivity index (χ0v) is 82.8. The lowest BCUT2D eigenvalue weighted by atomic mass is 9.75. The van der Waals surface area contributed by atoms with Crippen molar-refractivity contribution in [2.24, 2.45) is 0 Å². The van der Waals surface area contributed by atoms with Gasteiger partial charge in [-0.1, -0.05) is 296 Å². The third-order valence-electron chi connectivity index (χ3n) is 19.7. The van der Waals surface area contributed by atoms with E-state index in [1.165, 1.54) is 87.4 Å². The molecule has 17 nitrogen and oxygen atoms in total. The van der Waals surface area contributed by atoms with Crippen LogP contribution in [0.3, 0.4) is 0 Å². The fourth-order valence-corrected chi connectivity index (χ4v) is 12.8. The van der Waals surface area contributed by atoms with E-state index >= 15 is 0 Å². The molecule has 1 heterocycles. The smallest absolute Gasteiger partial charge is 0.402 e. The van der Waals surface area contributed by atoms with E-state index in [9.17, 15) is 59.1 Å². The number of nitrogens with zero attached hydrogens (tertiary/aromatic N) is 1. The largest absolute Gasteiger partial charge is 0.508 e. The molecule has 0 saturated carbocycles. The van der Waals surface area contributed by atoms with Crippen LogP contribution in [0.15, 0.2) is 278 Å². The van der Waals surface area contributed by atoms with Crippen molar-refractivity contribution >= 4 is 49.8 Å². The van der Waals surface area contributed by atoms with Gasteiger partial charge in [-0.15, -0.1) is 11.8 Å². The number of fused-ring (bicyclic) bond motifs is 4. The molecule has 15 rings (SSSR count). The summed E-state index contributed by atoms with van der Waals surface area (Å²) in [7, 11) is 4.12. The molecule has 0 aromatic heterocycles. The molecule has 14 aromatic carbocycles. The highest BCUT2D eigenvalue weighted by molar-refractivity contribution is 7.98. The molecule has 0 radical (unpaired) electrons. The second kappa shape index (κ2) is 61.3. The second-order valence-electron chi connectivity index (χ2n) is 30.2. The van der Waals surface area contributed by atoms with Gasteiger partial charge in [-0.25, -0.2) is 0 Å². The Morgan fingerprint density at radius 3 is 0.925 bits per heavy atom. The van der Waals surface area contributed by atoms with Crippen LogP contribution in [-0.4, -0.2) is 105 Å². The number of aryl methyl sites for hydroxylation is 3. The summed E-state index contributed by atoms with van der Waals surface area (Å²) in [5, 5.41) is 133. The molecule has 1 aliphatic rings. The lowest BCUT2D eigenvalue weighted by molar-refractivity contribution is -0.173. The van der Waals surface area contributed by atoms with Crippen LogP contribution in [0.2, 0.25) is 0 Å². The lowest BCUT2D eigenvalue weighted by Crippen LogP contribution is -2.40. The summed E-state index contributed by atoms with van der Waals surface area (Å²) in [4.78, 5) is 3.46. The number of phenolic OH excluding ortho intramolecular Hbond substituents is 14. The summed E-state index contributed by atoms with van der Waals surface area (Å²) in [6.45, 7) is 44.9. The minimum Gasteiger partial charge on any atom is -0.508 e. The molecule has 0 atom stereocenters. The van der Waals surface area contributed by atoms with Crippen LogP contribution in [0.1, 0.15) is 219 Å². The van der Waals surface area contributed by atoms with Crippen LogP contribution in [0.25, 0.3) is 32.3 Å². The van der Waals surface area contributed by atoms with E-state index in [1.54, 1.807) is 133 Å². The molecule has 0 aliphatic carbocycles. The van der Waals surface area contributed by atoms with Gasteiger partial charge in [0.1, 0.15) is 74.4 Å². The third kappa shape index (κ3) is 37.8. The van der Waals surface area contributed by atoms with Gasteiger partial charge in [-0.3, -0.25) is 0 Å². The summed E-state index contributed by atoms with van der Waals surface area (Å²) in [5.41, 5.74) is 7.53. The first-order chi connectivity index (χ1) is 63.2. The SMILES string of the molecule is CC.CC.CC.CC.CC.CC(C)c1ccc(N(C)C)cc1.CC(C)c1ccc(O)c(O)c1.CC(C)c1cccc2c1OCO2.CC(c1ccc(O)cc1)(c1ccc(O)cc1)C(F)(F)F.CCc1cc(C)cc(CC)c1O.CSc1ccc(C(C)C)cc1.Oc1cc(O)cc(O)c1.Oc1cccc2c(O)cccc12.Oc1cccc2c(O)cccc12.Oc1cccc2c(O)cccc12. The molecule has 720 valence electrons. The molecule has 14 aromatic rings. The first-order valence-electron chi connectivity index (χ1n) is 44.9. The van der Waals surface area contributed by atoms with E-state index < -0.39 is 11.6 Å². The zero-order chi connectivity index (χ0) is 101. The third-order valence-corrected chi connectivity index (χ3v) is 20.5. The number of thioether (sulfide) groups is 1. The normalized spacial score (nSPS) is 10.4. The summed E-state index contributed by atoms with van der Waals surface area (Å²) >= 11 is 1.79. The number of hydrogen-bond acceptors (Lipinski definition) is 18. The summed E-state index contributed by atoms with van der Waals surface area (Å²) in [5.74, 6) is 4.88. The average Bonchev–Trinajstić information content (AvgIpc) is 0.877. The number of phenols is 14. The Labute approximate surface area is 791 Å². The molecular formula is C112H144F3NO16S. The Kier molecular flexibility index (Phi) is 54.2. The first kappa shape index (κ1) is 118. The fraction of sp³-hybridized carbons (Fsp3) is 0.304. The van der Waals surface area contributed by atoms with Crippen LogP contribution in [0.5, 0.6) is 92.0 Å². The van der Waals surface area contributed by atoms with E-state index in [0.717, 1.165) is 66.2 Å². The predicted octanol–water partition coefficient (Wildman–Crippen LogP) is 30.6. The molecule has 21 heteroatoms. The number of rotatable bonds is 10. The van der Waals surface area contributed by atoms with Crippen molar-refractivity contribution in [2.75, 3.05) is 32.0 Å². The fourth-order valence-electron chi connectivity index (χ4n) is 12.4. The molecule has 14 N–H and O–H groups in total. The van der Waals surface area contributed by atoms with E-state index in [1.807, 2.05) is 95.2 Å². The Hall–Kier alpha value is -13.4. The minimum absolute atomic E-state index is 0.0217. The van der Waals surface area contributed by atoms with E-state index in [-0.39, 0.29) is 85.9 Å². The number of hydrogen-bond donors (Lipinski definition) is 14. The Morgan fingerprint density at radius 1 is 0.338 bits per heavy atom. The predicted molar refractivity (Wildman–Crippen MR) is 548 cm³/mol. The summed E-state index contributed by atoms with van der Waals surface area (Å²) in [6.07, 6.45) is -0.605. The van der Waals surface area contributed by atoms with E-state index in [0.29, 0.717) is 68.5 Å². The van der Waals surface area contributed by atoms with Crippen molar-refractivity contribution in [1.82, 2.24) is 0 Å². The van der Waals surface area contributed by atoms with Crippen molar-refractivity contribution in [2.45, 2.75) is 205 Å². The number of anilines is 1. The van der Waals surface area contributed by atoms with Gasteiger partial charge >= 0.3 is 6.18 Å². The minimum atomic E-state index is -4.51. The van der Waals surface area contributed by atoms with Crippen molar-refractivity contribution in [3.63, 3.8) is 0 Å². The van der Waals surface area contributed by atoms with Crippen molar-refractivity contribution in [3.8, 4) is 92.0 Å². The van der Waals surface area contributed by atoms with Gasteiger partial charge in [0, 0.05) is 80.8 Å². The number of halogens is 3. The van der Waals surface area contributed by atoms with Gasteiger partial charge in [0.15, 0.2) is 23.0 Å². The monoisotopic (exact) mass is 1850 g/mol. The molecule has 0 unspecified atom stereocenters. The molecular weight excluding hydrogens is 1700 g/mol. The molecule has 0 fully saturated rings. The average molecular weight is 1850 g/mol. The Bertz CT molecular complexity index is 5160. The van der Waals surface area contributed by atoms with Gasteiger partial charge in [0.2, 0.25) is 6.79 Å². The Balaban J connectivity index is 0.000000735. The maximum absolute atomic E-state index is 13.6. The van der Waals surface area contributed by atoms with E-state index in [4.69, 9.17) is 35.0 Å². The standard InChI is InChI=1S/C15H13F3O2.C11H17N.C11H16O.C10H12O2.3C10H8O2.C10H14S.C9H12O2.C6H6O3.5C2H6/c1-14(15(16,17)18,10-2-6-12(19)7-3-10)11-4-8-13(20)9-5-11;1-9(2)10-5-7-11(8-6-10)12(3)4;1-4-9-6-8(3)7-10(5-2)11(9)12;1-7(2)8-4-3-5-9-10(8)12-6-11-9;3*11-9-5-1-3-7-8(9)4-2-6-10(7)12;1-8(2)9-4-6-10(11-3)7-5-9;1-6(2)7-3-4-8(10)9(11)5-7;7-4-1-5(8)3-6(9)2-4;5*1-2/h2-9,19-20H,1H3;5-9H,1-4H3;6-7,12H,4-5H2,1-3H3;3-5,7H,6H2,1-2H3;3*1-6,11-12H;4-8H,1-3H3;3-6,10-11H,1-2H3;1-3,7-9H;5*1-2H3. The van der Waals surface area contributed by atoms with Gasteiger partial charge in [0.05, 0.1) is 0 Å². The molecule has 0 saturated heterocycles. The van der Waals surface area contributed by atoms with Crippen LogP contribution in [0, 0.1) is 6.92 Å². The Morgan fingerprint density at radius 2 is 0.647 bits per heavy atom. The zero-order valence-electron chi connectivity index (χ0n) is 82.0. The van der Waals surface area contributed by atoms with Gasteiger partial charge < -0.3 is 85.9 Å². The summed E-state index contributed by atoms with van der Waals surface area (Å²) in [6, 6.07) is 76.2. The van der Waals surface area contributed by atoms with Gasteiger partial charge in [-0.2, -0.15) is 13.2 Å². The van der Waals surface area contributed by atoms with Crippen LogP contribution >= 0.6 is 11.8 Å². The molecule has 0 amide bonds. The highest BCUT2D eigenvalue weighted by atomic mass is 32.2. The first-order valence-corrected chi connectivity index (χ1v) is 46.2.